The molecule has 25 heteroatoms. The van der Waals surface area contributed by atoms with Crippen LogP contribution < -0.4 is 0 Å². The predicted molar refractivity (Wildman–Crippen MR) is 343 cm³/mol. The van der Waals surface area contributed by atoms with Crippen LogP contribution in [0.3, 0.4) is 0 Å². The Morgan fingerprint density at radius 2 is 0.667 bits per heavy atom. The molecule has 8 rings (SSSR count). The number of aliphatic hydroxyl groups is 1. The lowest BCUT2D eigenvalue weighted by molar-refractivity contribution is -0.259. The van der Waals surface area contributed by atoms with Crippen molar-refractivity contribution in [2.24, 2.45) is 47.3 Å². The van der Waals surface area contributed by atoms with Crippen molar-refractivity contribution in [3.8, 4) is 0 Å². The van der Waals surface area contributed by atoms with Gasteiger partial charge >= 0.3 is 41.8 Å². The van der Waals surface area contributed by atoms with Gasteiger partial charge in [-0.05, 0) is 78.1 Å². The van der Waals surface area contributed by atoms with Crippen LogP contribution in [-0.4, -0.2) is 160 Å². The zero-order valence-electron chi connectivity index (χ0n) is 54.5. The Morgan fingerprint density at radius 1 is 0.398 bits per heavy atom. The van der Waals surface area contributed by atoms with Crippen molar-refractivity contribution in [1.29, 1.82) is 0 Å². The summed E-state index contributed by atoms with van der Waals surface area (Å²) in [7, 11) is 3.10. The second-order valence-electron chi connectivity index (χ2n) is 22.9. The van der Waals surface area contributed by atoms with Crippen LogP contribution in [0.25, 0.3) is 0 Å². The highest BCUT2D eigenvalue weighted by Gasteiger charge is 2.46. The Morgan fingerprint density at radius 3 is 0.968 bits per heavy atom. The first kappa shape index (κ1) is 81.1. The third-order valence-corrected chi connectivity index (χ3v) is 17.4. The Hall–Kier alpha value is -6.16. The van der Waals surface area contributed by atoms with Crippen molar-refractivity contribution < 1.29 is 109 Å². The summed E-state index contributed by atoms with van der Waals surface area (Å²) in [4.78, 5) is 78.2. The van der Waals surface area contributed by atoms with Crippen molar-refractivity contribution in [3.05, 3.63) is 144 Å². The molecule has 516 valence electrons. The number of rotatable bonds is 15. The van der Waals surface area contributed by atoms with Gasteiger partial charge in [-0.1, -0.05) is 144 Å². The van der Waals surface area contributed by atoms with Crippen LogP contribution in [0.5, 0.6) is 0 Å². The number of benzene rings is 4. The average molecular weight is 1440 g/mol. The quantitative estimate of drug-likeness (QED) is 0.0502. The number of aliphatic hydroxyl groups excluding tert-OH is 1. The zero-order valence-corrected chi connectivity index (χ0v) is 57.8. The van der Waals surface area contributed by atoms with Gasteiger partial charge in [-0.25, -0.2) is 32.3 Å². The number of halogens is 5. The minimum absolute atomic E-state index is 0. The average Bonchev–Trinajstić information content (AvgIpc) is 1.56. The maximum absolute atomic E-state index is 14.4. The Balaban J connectivity index is 0.000000311. The van der Waals surface area contributed by atoms with Gasteiger partial charge in [-0.3, -0.25) is 14.4 Å². The molecule has 0 amide bonds. The van der Waals surface area contributed by atoms with E-state index in [2.05, 4.69) is 20.7 Å². The zero-order chi connectivity index (χ0) is 68.4. The molecular weight excluding hydrogens is 1350 g/mol. The molecule has 93 heavy (non-hydrogen) atoms. The van der Waals surface area contributed by atoms with Crippen LogP contribution in [0.1, 0.15) is 118 Å². The SMILES string of the molecule is Br.CC(=O)OC(C)=O.CC(=O)OC1OC(COC(=O)c2ccccc2)C(F)C(C)C1C.CC1C(Br)OC(COC(=O)c2ccccc2)C(F)C1C.COC1OC(COC(=O)c2ccccc2)C(F)C(C)C1C.COC1OC(COC(=O)c2ccccc2)C(O)C(C)C1C. The van der Waals surface area contributed by atoms with E-state index < -0.39 is 110 Å². The number of esters is 7. The van der Waals surface area contributed by atoms with Gasteiger partial charge < -0.3 is 61.9 Å². The third-order valence-electron chi connectivity index (χ3n) is 16.3. The van der Waals surface area contributed by atoms with E-state index in [1.807, 2.05) is 59.7 Å². The topological polar surface area (TPSA) is 250 Å². The summed E-state index contributed by atoms with van der Waals surface area (Å²) in [5.74, 6) is -4.45. The van der Waals surface area contributed by atoms with Crippen molar-refractivity contribution in [2.45, 2.75) is 149 Å². The Kier molecular flexibility index (Phi) is 35.7. The molecule has 0 saturated carbocycles. The first-order valence-corrected chi connectivity index (χ1v) is 31.2. The number of carbonyl (C=O) groups excluding carboxylic acids is 7. The molecule has 4 aromatic carbocycles. The van der Waals surface area contributed by atoms with Gasteiger partial charge in [-0.15, -0.1) is 17.0 Å². The van der Waals surface area contributed by atoms with Crippen LogP contribution in [0, 0.1) is 47.3 Å². The van der Waals surface area contributed by atoms with Crippen molar-refractivity contribution in [1.82, 2.24) is 0 Å². The Labute approximate surface area is 561 Å². The summed E-state index contributed by atoms with van der Waals surface area (Å²) in [5.41, 5.74) is 1.76. The van der Waals surface area contributed by atoms with Crippen molar-refractivity contribution >= 4 is 74.7 Å². The smallest absolute Gasteiger partial charge is 0.338 e. The van der Waals surface area contributed by atoms with Crippen LogP contribution in [0.4, 0.5) is 13.2 Å². The lowest BCUT2D eigenvalue weighted by atomic mass is 9.85. The van der Waals surface area contributed by atoms with Gasteiger partial charge in [0.2, 0.25) is 6.29 Å². The predicted octanol–water partition coefficient (Wildman–Crippen LogP) is 11.7. The van der Waals surface area contributed by atoms with E-state index in [-0.39, 0.29) is 95.8 Å². The normalized spacial score (nSPS) is 30.1. The molecule has 0 spiro atoms. The maximum atomic E-state index is 14.4. The molecule has 0 aliphatic carbocycles. The summed E-state index contributed by atoms with van der Waals surface area (Å²) >= 11 is 3.38. The highest BCUT2D eigenvalue weighted by atomic mass is 79.9. The number of hydrogen-bond acceptors (Lipinski definition) is 20. The van der Waals surface area contributed by atoms with E-state index >= 15 is 0 Å². The number of alkyl halides is 4. The standard InChI is InChI=1S/C17H21FO5.C16H21FO4.C16H22O5.C15H18BrFO3.C4H6O3.BrH/c1-10-11(2)17(22-12(3)19)23-14(15(10)18)9-21-16(20)13-7-5-4-6-8-13;2*1-10-11(2)16(19-3)21-13(14(10)17)9-20-15(18)12-7-5-4-6-8-12;1-9-10(2)14(16)20-12(13(9)17)8-19-15(18)11-6-4-3-5-7-11;1-3(5)7-4(2)6;/h4-8,10-11,14-15,17H,9H2,1-3H3;4-8,10-11,13-14,16H,9H2,1-3H3;4-8,10-11,13-14,16-17H,9H2,1-3H3;3-7,9-10,12-14H,8H2,1-2H3;1-2H3;1H. The van der Waals surface area contributed by atoms with E-state index in [0.29, 0.717) is 22.3 Å². The maximum Gasteiger partial charge on any atom is 0.338 e. The fourth-order valence-electron chi connectivity index (χ4n) is 9.84. The fourth-order valence-corrected chi connectivity index (χ4v) is 10.6. The first-order chi connectivity index (χ1) is 43.6. The summed E-state index contributed by atoms with van der Waals surface area (Å²) in [6, 6.07) is 34.4. The molecular formula is C68H89Br2F3O20. The largest absolute Gasteiger partial charge is 0.459 e. The fraction of sp³-hybridized carbons (Fsp3) is 0.544. The number of methoxy groups -OCH3 is 2. The number of ether oxygens (including phenoxy) is 12. The monoisotopic (exact) mass is 1440 g/mol. The molecule has 20 atom stereocenters. The lowest BCUT2D eigenvalue weighted by Crippen LogP contribution is -2.51. The highest BCUT2D eigenvalue weighted by molar-refractivity contribution is 9.09. The highest BCUT2D eigenvalue weighted by Crippen LogP contribution is 2.37. The number of carbonyl (C=O) groups is 7. The molecule has 4 heterocycles. The summed E-state index contributed by atoms with van der Waals surface area (Å²) in [5, 5.41) is 10.0. The molecule has 1 N–H and O–H groups in total. The molecule has 0 bridgehead atoms. The van der Waals surface area contributed by atoms with Gasteiger partial charge in [0.05, 0.1) is 28.4 Å². The lowest BCUT2D eigenvalue weighted by Gasteiger charge is -2.41. The van der Waals surface area contributed by atoms with Gasteiger partial charge in [0.1, 0.15) is 74.4 Å². The first-order valence-electron chi connectivity index (χ1n) is 30.3. The van der Waals surface area contributed by atoms with E-state index in [1.165, 1.54) is 27.9 Å². The second-order valence-corrected chi connectivity index (χ2v) is 23.8. The van der Waals surface area contributed by atoms with Crippen LogP contribution in [0.15, 0.2) is 121 Å². The molecule has 4 aliphatic rings. The minimum Gasteiger partial charge on any atom is -0.459 e. The molecule has 0 radical (unpaired) electrons. The molecule has 4 saturated heterocycles. The molecule has 4 fully saturated rings. The molecule has 4 aromatic rings. The van der Waals surface area contributed by atoms with Crippen LogP contribution in [0.2, 0.25) is 0 Å². The number of hydrogen-bond donors (Lipinski definition) is 1. The van der Waals surface area contributed by atoms with Gasteiger partial charge in [0, 0.05) is 52.7 Å². The third kappa shape index (κ3) is 25.5. The molecule has 0 aromatic heterocycles. The van der Waals surface area contributed by atoms with E-state index in [0.717, 1.165) is 0 Å². The van der Waals surface area contributed by atoms with Gasteiger partial charge in [0.25, 0.3) is 0 Å². The van der Waals surface area contributed by atoms with E-state index in [4.69, 9.17) is 52.1 Å². The van der Waals surface area contributed by atoms with E-state index in [1.54, 1.807) is 124 Å². The van der Waals surface area contributed by atoms with Crippen LogP contribution in [-0.2, 0) is 71.2 Å². The van der Waals surface area contributed by atoms with Gasteiger partial charge in [0.15, 0.2) is 12.6 Å². The summed E-state index contributed by atoms with van der Waals surface area (Å²) < 4.78 is 105. The summed E-state index contributed by atoms with van der Waals surface area (Å²) in [6.45, 7) is 18.1. The van der Waals surface area contributed by atoms with Crippen LogP contribution >= 0.6 is 32.9 Å². The second kappa shape index (κ2) is 40.9. The van der Waals surface area contributed by atoms with E-state index in [9.17, 15) is 51.8 Å². The molecule has 20 nitrogen and oxygen atoms in total. The van der Waals surface area contributed by atoms with Crippen molar-refractivity contribution in [3.63, 3.8) is 0 Å². The Bertz CT molecular complexity index is 2790. The minimum atomic E-state index is -1.31. The van der Waals surface area contributed by atoms with Gasteiger partial charge in [-0.2, -0.15) is 0 Å². The van der Waals surface area contributed by atoms with Crippen molar-refractivity contribution in [2.75, 3.05) is 40.6 Å². The molecule has 20 unspecified atom stereocenters. The molecule has 4 aliphatic heterocycles. The summed E-state index contributed by atoms with van der Waals surface area (Å²) in [6.07, 6.45) is -9.09.